The predicted octanol–water partition coefficient (Wildman–Crippen LogP) is -1.53. The van der Waals surface area contributed by atoms with E-state index in [1.165, 1.54) is 19.3 Å². The summed E-state index contributed by atoms with van der Waals surface area (Å²) in [5.74, 6) is 0.231. The Kier molecular flexibility index (Phi) is 9.10. The Bertz CT molecular complexity index is 111. The van der Waals surface area contributed by atoms with Gasteiger partial charge in [-0.3, -0.25) is 4.79 Å². The standard InChI is InChI=1S/C7H13NO.CH3.Na/c1-7(9)8-5-3-2-4-6-8;;/h2-6H2,1H3;1H3;/q;-1;+1. The Hall–Kier alpha value is 0.470. The molecule has 60 valence electrons. The largest absolute Gasteiger partial charge is 1.00 e. The minimum absolute atomic E-state index is 0. The van der Waals surface area contributed by atoms with Crippen molar-refractivity contribution in [2.24, 2.45) is 0 Å². The maximum absolute atomic E-state index is 10.7. The van der Waals surface area contributed by atoms with Crippen LogP contribution in [0.4, 0.5) is 0 Å². The molecule has 11 heavy (non-hydrogen) atoms. The summed E-state index contributed by atoms with van der Waals surface area (Å²) in [5.41, 5.74) is 0. The molecule has 2 nitrogen and oxygen atoms in total. The third-order valence-electron chi connectivity index (χ3n) is 1.80. The zero-order valence-electron chi connectivity index (χ0n) is 7.89. The van der Waals surface area contributed by atoms with Gasteiger partial charge < -0.3 is 12.3 Å². The zero-order chi connectivity index (χ0) is 6.69. The molecule has 0 bridgehead atoms. The van der Waals surface area contributed by atoms with Crippen molar-refractivity contribution in [1.29, 1.82) is 0 Å². The first-order valence-electron chi connectivity index (χ1n) is 3.56. The molecule has 0 unspecified atom stereocenters. The molecule has 1 rings (SSSR count). The van der Waals surface area contributed by atoms with Crippen molar-refractivity contribution >= 4 is 5.91 Å². The molecule has 0 aliphatic carbocycles. The summed E-state index contributed by atoms with van der Waals surface area (Å²) in [4.78, 5) is 12.6. The molecule has 1 amide bonds. The summed E-state index contributed by atoms with van der Waals surface area (Å²) in [7, 11) is 0. The smallest absolute Gasteiger partial charge is 0.358 e. The van der Waals surface area contributed by atoms with Crippen molar-refractivity contribution in [2.75, 3.05) is 13.1 Å². The van der Waals surface area contributed by atoms with Crippen LogP contribution in [0, 0.1) is 7.43 Å². The number of nitrogens with zero attached hydrogens (tertiary/aromatic N) is 1. The van der Waals surface area contributed by atoms with Gasteiger partial charge in [-0.15, -0.1) is 0 Å². The van der Waals surface area contributed by atoms with Gasteiger partial charge in [-0.2, -0.15) is 0 Å². The SMILES string of the molecule is CC(=O)N1CCCCC1.[CH3-].[Na+]. The van der Waals surface area contributed by atoms with Crippen LogP contribution in [0.3, 0.4) is 0 Å². The van der Waals surface area contributed by atoms with E-state index in [1.54, 1.807) is 6.92 Å². The van der Waals surface area contributed by atoms with Crippen LogP contribution in [-0.4, -0.2) is 23.9 Å². The second-order valence-corrected chi connectivity index (χ2v) is 2.57. The summed E-state index contributed by atoms with van der Waals surface area (Å²) in [5, 5.41) is 0. The summed E-state index contributed by atoms with van der Waals surface area (Å²) in [6.07, 6.45) is 3.68. The van der Waals surface area contributed by atoms with Crippen LogP contribution in [0.15, 0.2) is 0 Å². The zero-order valence-corrected chi connectivity index (χ0v) is 9.89. The minimum Gasteiger partial charge on any atom is -0.358 e. The van der Waals surface area contributed by atoms with Crippen molar-refractivity contribution in [3.63, 3.8) is 0 Å². The van der Waals surface area contributed by atoms with Gasteiger partial charge in [-0.25, -0.2) is 0 Å². The molecule has 0 saturated carbocycles. The average molecular weight is 165 g/mol. The fourth-order valence-electron chi connectivity index (χ4n) is 1.21. The fraction of sp³-hybridized carbons (Fsp3) is 0.750. The molecule has 1 heterocycles. The number of carbonyl (C=O) groups excluding carboxylic acids is 1. The monoisotopic (exact) mass is 165 g/mol. The van der Waals surface area contributed by atoms with Gasteiger partial charge in [-0.1, -0.05) is 0 Å². The quantitative estimate of drug-likeness (QED) is 0.315. The van der Waals surface area contributed by atoms with Crippen molar-refractivity contribution < 1.29 is 34.4 Å². The number of carbonyl (C=O) groups is 1. The van der Waals surface area contributed by atoms with Gasteiger partial charge in [0.2, 0.25) is 5.91 Å². The van der Waals surface area contributed by atoms with Crippen molar-refractivity contribution in [3.8, 4) is 0 Å². The van der Waals surface area contributed by atoms with Gasteiger partial charge in [0.25, 0.3) is 0 Å². The van der Waals surface area contributed by atoms with E-state index >= 15 is 0 Å². The van der Waals surface area contributed by atoms with Crippen LogP contribution < -0.4 is 29.6 Å². The molecular formula is C8H16NNaO. The number of rotatable bonds is 0. The molecule has 0 N–H and O–H groups in total. The average Bonchev–Trinajstić information content (AvgIpc) is 1.90. The van der Waals surface area contributed by atoms with E-state index in [0.717, 1.165) is 13.1 Å². The van der Waals surface area contributed by atoms with Gasteiger partial charge in [0.1, 0.15) is 0 Å². The number of hydrogen-bond donors (Lipinski definition) is 0. The number of hydrogen-bond acceptors (Lipinski definition) is 1. The molecule has 1 fully saturated rings. The Morgan fingerprint density at radius 1 is 1.18 bits per heavy atom. The summed E-state index contributed by atoms with van der Waals surface area (Å²) < 4.78 is 0. The van der Waals surface area contributed by atoms with E-state index in [2.05, 4.69) is 0 Å². The van der Waals surface area contributed by atoms with Crippen LogP contribution in [0.25, 0.3) is 0 Å². The maximum atomic E-state index is 10.7. The van der Waals surface area contributed by atoms with Crippen molar-refractivity contribution in [1.82, 2.24) is 4.90 Å². The van der Waals surface area contributed by atoms with Crippen LogP contribution in [0.1, 0.15) is 26.2 Å². The number of amides is 1. The van der Waals surface area contributed by atoms with Crippen LogP contribution in [0.5, 0.6) is 0 Å². The van der Waals surface area contributed by atoms with E-state index < -0.39 is 0 Å². The second-order valence-electron chi connectivity index (χ2n) is 2.57. The maximum Gasteiger partial charge on any atom is 1.00 e. The molecule has 0 radical (unpaired) electrons. The van der Waals surface area contributed by atoms with E-state index in [4.69, 9.17) is 0 Å². The third-order valence-corrected chi connectivity index (χ3v) is 1.80. The van der Waals surface area contributed by atoms with Crippen LogP contribution in [0.2, 0.25) is 0 Å². The van der Waals surface area contributed by atoms with E-state index in [0.29, 0.717) is 0 Å². The topological polar surface area (TPSA) is 20.3 Å². The molecule has 0 atom stereocenters. The van der Waals surface area contributed by atoms with E-state index in [9.17, 15) is 4.79 Å². The summed E-state index contributed by atoms with van der Waals surface area (Å²) >= 11 is 0. The third kappa shape index (κ3) is 4.83. The van der Waals surface area contributed by atoms with Crippen molar-refractivity contribution in [2.45, 2.75) is 26.2 Å². The Balaban J connectivity index is 0. The van der Waals surface area contributed by atoms with E-state index in [-0.39, 0.29) is 42.9 Å². The molecule has 1 aliphatic rings. The van der Waals surface area contributed by atoms with Gasteiger partial charge in [-0.05, 0) is 19.3 Å². The number of likely N-dealkylation sites (tertiary alicyclic amines) is 1. The molecule has 3 heteroatoms. The second kappa shape index (κ2) is 7.14. The molecule has 1 aliphatic heterocycles. The molecule has 0 aromatic rings. The normalized spacial score (nSPS) is 16.3. The van der Waals surface area contributed by atoms with Gasteiger partial charge in [0.05, 0.1) is 0 Å². The van der Waals surface area contributed by atoms with Crippen LogP contribution >= 0.6 is 0 Å². The molecular weight excluding hydrogens is 149 g/mol. The van der Waals surface area contributed by atoms with Gasteiger partial charge in [0, 0.05) is 20.0 Å². The fourth-order valence-corrected chi connectivity index (χ4v) is 1.21. The predicted molar refractivity (Wildman–Crippen MR) is 42.5 cm³/mol. The first-order chi connectivity index (χ1) is 4.30. The molecule has 0 aromatic carbocycles. The Morgan fingerprint density at radius 3 is 1.91 bits per heavy atom. The summed E-state index contributed by atoms with van der Waals surface area (Å²) in [6, 6.07) is 0. The Labute approximate surface area is 91.6 Å². The first-order valence-corrected chi connectivity index (χ1v) is 3.56. The van der Waals surface area contributed by atoms with Gasteiger partial charge >= 0.3 is 29.6 Å². The van der Waals surface area contributed by atoms with E-state index in [1.807, 2.05) is 4.90 Å². The Morgan fingerprint density at radius 2 is 1.64 bits per heavy atom. The first kappa shape index (κ1) is 14.0. The van der Waals surface area contributed by atoms with Crippen LogP contribution in [-0.2, 0) is 4.79 Å². The number of piperidine rings is 1. The van der Waals surface area contributed by atoms with Gasteiger partial charge in [0.15, 0.2) is 0 Å². The molecule has 1 saturated heterocycles. The summed E-state index contributed by atoms with van der Waals surface area (Å²) in [6.45, 7) is 3.61. The molecule has 0 spiro atoms. The van der Waals surface area contributed by atoms with Crippen molar-refractivity contribution in [3.05, 3.63) is 7.43 Å². The minimum atomic E-state index is 0. The molecule has 0 aromatic heterocycles.